The van der Waals surface area contributed by atoms with Crippen molar-refractivity contribution in [3.8, 4) is 11.5 Å². The van der Waals surface area contributed by atoms with E-state index in [0.717, 1.165) is 11.8 Å². The Bertz CT molecular complexity index is 483. The molecule has 4 heteroatoms. The predicted octanol–water partition coefficient (Wildman–Crippen LogP) is 3.83. The lowest BCUT2D eigenvalue weighted by atomic mass is 9.97. The standard InChI is InChI=1S/C15H19ClO3/c1-10(4-5-17)11-6-12(16)14-13(7-11)18-8-15(2,3)9-19-14/h5-7,10H,4,8-9H2,1-3H3. The highest BCUT2D eigenvalue weighted by Gasteiger charge is 2.27. The van der Waals surface area contributed by atoms with Crippen LogP contribution in [0.15, 0.2) is 12.1 Å². The van der Waals surface area contributed by atoms with Gasteiger partial charge in [0.2, 0.25) is 0 Å². The Balaban J connectivity index is 2.34. The SMILES string of the molecule is CC(CC=O)c1cc(Cl)c2c(c1)OCC(C)(C)CO2. The highest BCUT2D eigenvalue weighted by molar-refractivity contribution is 6.32. The van der Waals surface area contributed by atoms with E-state index in [0.29, 0.717) is 36.2 Å². The van der Waals surface area contributed by atoms with E-state index in [1.165, 1.54) is 0 Å². The number of rotatable bonds is 3. The summed E-state index contributed by atoms with van der Waals surface area (Å²) in [7, 11) is 0. The normalized spacial score (nSPS) is 18.5. The van der Waals surface area contributed by atoms with Crippen molar-refractivity contribution >= 4 is 17.9 Å². The maximum Gasteiger partial charge on any atom is 0.179 e. The maximum absolute atomic E-state index is 10.6. The number of benzene rings is 1. The van der Waals surface area contributed by atoms with Crippen molar-refractivity contribution in [3.05, 3.63) is 22.7 Å². The second kappa shape index (κ2) is 5.41. The molecule has 0 amide bonds. The molecule has 0 spiro atoms. The summed E-state index contributed by atoms with van der Waals surface area (Å²) < 4.78 is 11.6. The Hall–Kier alpha value is -1.22. The van der Waals surface area contributed by atoms with E-state index >= 15 is 0 Å². The fourth-order valence-corrected chi connectivity index (χ4v) is 2.26. The number of hydrogen-bond donors (Lipinski definition) is 0. The third-order valence-corrected chi connectivity index (χ3v) is 3.56. The van der Waals surface area contributed by atoms with Gasteiger partial charge in [-0.05, 0) is 23.6 Å². The van der Waals surface area contributed by atoms with Crippen molar-refractivity contribution in [2.75, 3.05) is 13.2 Å². The molecular formula is C15H19ClO3. The van der Waals surface area contributed by atoms with Crippen molar-refractivity contribution in [3.63, 3.8) is 0 Å². The zero-order chi connectivity index (χ0) is 14.0. The molecule has 1 aliphatic rings. The molecule has 3 nitrogen and oxygen atoms in total. The van der Waals surface area contributed by atoms with Gasteiger partial charge in [0, 0.05) is 11.8 Å². The smallest absolute Gasteiger partial charge is 0.179 e. The van der Waals surface area contributed by atoms with Gasteiger partial charge in [-0.25, -0.2) is 0 Å². The van der Waals surface area contributed by atoms with E-state index in [4.69, 9.17) is 21.1 Å². The fourth-order valence-electron chi connectivity index (χ4n) is 1.98. The molecule has 104 valence electrons. The van der Waals surface area contributed by atoms with Crippen LogP contribution in [0.4, 0.5) is 0 Å². The molecule has 0 N–H and O–H groups in total. The summed E-state index contributed by atoms with van der Waals surface area (Å²) in [5.41, 5.74) is 0.955. The van der Waals surface area contributed by atoms with E-state index in [1.807, 2.05) is 19.1 Å². The first-order valence-electron chi connectivity index (χ1n) is 6.45. The Kier molecular flexibility index (Phi) is 4.04. The topological polar surface area (TPSA) is 35.5 Å². The lowest BCUT2D eigenvalue weighted by molar-refractivity contribution is -0.108. The number of ether oxygens (including phenoxy) is 2. The summed E-state index contributed by atoms with van der Waals surface area (Å²) in [4.78, 5) is 10.6. The van der Waals surface area contributed by atoms with Gasteiger partial charge in [0.1, 0.15) is 6.29 Å². The van der Waals surface area contributed by atoms with E-state index in [9.17, 15) is 4.79 Å². The Morgan fingerprint density at radius 1 is 1.37 bits per heavy atom. The molecule has 1 unspecified atom stereocenters. The van der Waals surface area contributed by atoms with Gasteiger partial charge in [0.05, 0.1) is 18.2 Å². The molecule has 0 fully saturated rings. The second-order valence-corrected chi connectivity index (χ2v) is 6.28. The van der Waals surface area contributed by atoms with Gasteiger partial charge in [-0.3, -0.25) is 0 Å². The fraction of sp³-hybridized carbons (Fsp3) is 0.533. The molecule has 0 saturated heterocycles. The van der Waals surface area contributed by atoms with Crippen molar-refractivity contribution in [1.29, 1.82) is 0 Å². The van der Waals surface area contributed by atoms with Gasteiger partial charge in [-0.1, -0.05) is 32.4 Å². The molecule has 0 saturated carbocycles. The molecule has 0 aromatic heterocycles. The number of carbonyl (C=O) groups excluding carboxylic acids is 1. The van der Waals surface area contributed by atoms with Crippen molar-refractivity contribution in [2.24, 2.45) is 5.41 Å². The molecular weight excluding hydrogens is 264 g/mol. The predicted molar refractivity (Wildman–Crippen MR) is 75.3 cm³/mol. The molecule has 0 bridgehead atoms. The summed E-state index contributed by atoms with van der Waals surface area (Å²) in [6.45, 7) is 7.32. The monoisotopic (exact) mass is 282 g/mol. The second-order valence-electron chi connectivity index (χ2n) is 5.87. The van der Waals surface area contributed by atoms with Crippen molar-refractivity contribution in [2.45, 2.75) is 33.1 Å². The van der Waals surface area contributed by atoms with Gasteiger partial charge in [0.15, 0.2) is 11.5 Å². The summed E-state index contributed by atoms with van der Waals surface area (Å²) >= 11 is 6.26. The Labute approximate surface area is 118 Å². The van der Waals surface area contributed by atoms with Crippen LogP contribution in [-0.2, 0) is 4.79 Å². The lowest BCUT2D eigenvalue weighted by Crippen LogP contribution is -2.26. The lowest BCUT2D eigenvalue weighted by Gasteiger charge is -2.19. The van der Waals surface area contributed by atoms with E-state index in [2.05, 4.69) is 13.8 Å². The first-order chi connectivity index (χ1) is 8.93. The average molecular weight is 283 g/mol. The van der Waals surface area contributed by atoms with Crippen LogP contribution in [0.3, 0.4) is 0 Å². The van der Waals surface area contributed by atoms with E-state index < -0.39 is 0 Å². The molecule has 1 atom stereocenters. The third-order valence-electron chi connectivity index (χ3n) is 3.28. The molecule has 1 aliphatic heterocycles. The highest BCUT2D eigenvalue weighted by Crippen LogP contribution is 2.41. The minimum absolute atomic E-state index is 0.0447. The van der Waals surface area contributed by atoms with Crippen LogP contribution in [0.5, 0.6) is 11.5 Å². The molecule has 0 radical (unpaired) electrons. The first kappa shape index (κ1) is 14.2. The highest BCUT2D eigenvalue weighted by atomic mass is 35.5. The molecule has 1 aromatic rings. The van der Waals surface area contributed by atoms with Crippen molar-refractivity contribution < 1.29 is 14.3 Å². The average Bonchev–Trinajstić information content (AvgIpc) is 2.49. The van der Waals surface area contributed by atoms with E-state index in [1.54, 1.807) is 0 Å². The Morgan fingerprint density at radius 3 is 2.74 bits per heavy atom. The maximum atomic E-state index is 10.6. The summed E-state index contributed by atoms with van der Waals surface area (Å²) in [6, 6.07) is 3.78. The van der Waals surface area contributed by atoms with Crippen LogP contribution >= 0.6 is 11.6 Å². The van der Waals surface area contributed by atoms with Gasteiger partial charge >= 0.3 is 0 Å². The molecule has 19 heavy (non-hydrogen) atoms. The summed E-state index contributed by atoms with van der Waals surface area (Å²) in [5.74, 6) is 1.40. The minimum atomic E-state index is -0.0447. The van der Waals surface area contributed by atoms with Crippen LogP contribution in [0.2, 0.25) is 5.02 Å². The van der Waals surface area contributed by atoms with Gasteiger partial charge in [-0.15, -0.1) is 0 Å². The van der Waals surface area contributed by atoms with Crippen LogP contribution < -0.4 is 9.47 Å². The third kappa shape index (κ3) is 3.21. The minimum Gasteiger partial charge on any atom is -0.489 e. The van der Waals surface area contributed by atoms with Crippen LogP contribution in [0, 0.1) is 5.41 Å². The molecule has 1 aromatic carbocycles. The largest absolute Gasteiger partial charge is 0.489 e. The molecule has 1 heterocycles. The molecule has 2 rings (SSSR count). The first-order valence-corrected chi connectivity index (χ1v) is 6.83. The van der Waals surface area contributed by atoms with Crippen LogP contribution in [0.1, 0.15) is 38.7 Å². The van der Waals surface area contributed by atoms with Crippen LogP contribution in [-0.4, -0.2) is 19.5 Å². The zero-order valence-electron chi connectivity index (χ0n) is 11.5. The van der Waals surface area contributed by atoms with Crippen molar-refractivity contribution in [1.82, 2.24) is 0 Å². The Morgan fingerprint density at radius 2 is 2.05 bits per heavy atom. The quantitative estimate of drug-likeness (QED) is 0.791. The number of fused-ring (bicyclic) bond motifs is 1. The number of hydrogen-bond acceptors (Lipinski definition) is 3. The number of halogens is 1. The van der Waals surface area contributed by atoms with Gasteiger partial charge in [0.25, 0.3) is 0 Å². The zero-order valence-corrected chi connectivity index (χ0v) is 12.3. The van der Waals surface area contributed by atoms with E-state index in [-0.39, 0.29) is 11.3 Å². The number of aldehydes is 1. The molecule has 0 aliphatic carbocycles. The summed E-state index contributed by atoms with van der Waals surface area (Å²) in [5, 5.41) is 0.544. The number of carbonyl (C=O) groups is 1. The van der Waals surface area contributed by atoms with Crippen LogP contribution in [0.25, 0.3) is 0 Å². The summed E-state index contributed by atoms with van der Waals surface area (Å²) in [6.07, 6.45) is 1.40. The van der Waals surface area contributed by atoms with Gasteiger partial charge < -0.3 is 14.3 Å². The van der Waals surface area contributed by atoms with Gasteiger partial charge in [-0.2, -0.15) is 0 Å².